The standard InChI is InChI=1S/C21H20N2O4/c1-3-26-19-9-13-8-12(2)27-18(13)11-17(19)23-21(25)15-10-20(24)22-16-7-5-4-6-14(15)16/h4-7,9-12H,3,8H2,1-2H3,(H,22,24)(H,23,25)/t12-/m1/s1. The lowest BCUT2D eigenvalue weighted by molar-refractivity contribution is 0.102. The molecule has 2 heterocycles. The van der Waals surface area contributed by atoms with Crippen LogP contribution in [0.5, 0.6) is 11.5 Å². The molecule has 1 aromatic heterocycles. The van der Waals surface area contributed by atoms with Gasteiger partial charge in [-0.05, 0) is 26.0 Å². The smallest absolute Gasteiger partial charge is 0.256 e. The Kier molecular flexibility index (Phi) is 4.32. The number of carbonyl (C=O) groups excluding carboxylic acids is 1. The van der Waals surface area contributed by atoms with Crippen molar-refractivity contribution in [1.82, 2.24) is 4.98 Å². The van der Waals surface area contributed by atoms with E-state index in [1.807, 2.05) is 32.0 Å². The number of hydrogen-bond donors (Lipinski definition) is 2. The van der Waals surface area contributed by atoms with Crippen LogP contribution >= 0.6 is 0 Å². The summed E-state index contributed by atoms with van der Waals surface area (Å²) in [5.74, 6) is 0.970. The quantitative estimate of drug-likeness (QED) is 0.742. The molecule has 138 valence electrons. The third-order valence-corrected chi connectivity index (χ3v) is 4.54. The Hall–Kier alpha value is -3.28. The number of benzene rings is 2. The SMILES string of the molecule is CCOc1cc2c(cc1NC(=O)c1cc(=O)[nH]c3ccccc13)O[C@H](C)C2. The topological polar surface area (TPSA) is 80.4 Å². The van der Waals surface area contributed by atoms with Crippen molar-refractivity contribution in [3.8, 4) is 11.5 Å². The summed E-state index contributed by atoms with van der Waals surface area (Å²) in [4.78, 5) is 27.6. The van der Waals surface area contributed by atoms with E-state index in [1.54, 1.807) is 18.2 Å². The van der Waals surface area contributed by atoms with E-state index in [4.69, 9.17) is 9.47 Å². The predicted octanol–water partition coefficient (Wildman–Crippen LogP) is 3.50. The highest BCUT2D eigenvalue weighted by molar-refractivity contribution is 6.12. The number of hydrogen-bond acceptors (Lipinski definition) is 4. The van der Waals surface area contributed by atoms with Gasteiger partial charge < -0.3 is 19.8 Å². The molecule has 1 aliphatic heterocycles. The molecule has 4 rings (SSSR count). The van der Waals surface area contributed by atoms with E-state index < -0.39 is 0 Å². The van der Waals surface area contributed by atoms with Gasteiger partial charge in [-0.1, -0.05) is 18.2 Å². The van der Waals surface area contributed by atoms with Crippen molar-refractivity contribution in [2.24, 2.45) is 0 Å². The van der Waals surface area contributed by atoms with Crippen molar-refractivity contribution >= 4 is 22.5 Å². The van der Waals surface area contributed by atoms with Crippen molar-refractivity contribution in [1.29, 1.82) is 0 Å². The van der Waals surface area contributed by atoms with Crippen LogP contribution in [-0.2, 0) is 6.42 Å². The Morgan fingerprint density at radius 1 is 1.30 bits per heavy atom. The number of anilines is 1. The van der Waals surface area contributed by atoms with Crippen LogP contribution in [0.3, 0.4) is 0 Å². The highest BCUT2D eigenvalue weighted by Crippen LogP contribution is 2.38. The number of para-hydroxylation sites is 1. The second-order valence-electron chi connectivity index (χ2n) is 6.57. The maximum absolute atomic E-state index is 12.9. The van der Waals surface area contributed by atoms with E-state index in [1.165, 1.54) is 6.07 Å². The van der Waals surface area contributed by atoms with E-state index in [0.717, 1.165) is 17.7 Å². The molecule has 6 heteroatoms. The molecule has 2 N–H and O–H groups in total. The van der Waals surface area contributed by atoms with Crippen molar-refractivity contribution < 1.29 is 14.3 Å². The van der Waals surface area contributed by atoms with Gasteiger partial charge in [-0.2, -0.15) is 0 Å². The zero-order chi connectivity index (χ0) is 19.0. The van der Waals surface area contributed by atoms with Gasteiger partial charge in [-0.15, -0.1) is 0 Å². The van der Waals surface area contributed by atoms with Crippen LogP contribution < -0.4 is 20.3 Å². The van der Waals surface area contributed by atoms with Crippen molar-refractivity contribution in [2.75, 3.05) is 11.9 Å². The molecule has 0 saturated carbocycles. The molecule has 3 aromatic rings. The van der Waals surface area contributed by atoms with Crippen LogP contribution in [0, 0.1) is 0 Å². The molecule has 0 spiro atoms. The Labute approximate surface area is 156 Å². The van der Waals surface area contributed by atoms with E-state index in [0.29, 0.717) is 34.5 Å². The number of fused-ring (bicyclic) bond motifs is 2. The highest BCUT2D eigenvalue weighted by atomic mass is 16.5. The zero-order valence-corrected chi connectivity index (χ0v) is 15.2. The lowest BCUT2D eigenvalue weighted by Crippen LogP contribution is -2.17. The molecule has 0 unspecified atom stereocenters. The van der Waals surface area contributed by atoms with Crippen LogP contribution in [-0.4, -0.2) is 23.6 Å². The number of nitrogens with one attached hydrogen (secondary N) is 2. The summed E-state index contributed by atoms with van der Waals surface area (Å²) in [5, 5.41) is 3.56. The predicted molar refractivity (Wildman–Crippen MR) is 104 cm³/mol. The molecule has 2 aromatic carbocycles. The number of amides is 1. The normalized spacial score (nSPS) is 15.3. The summed E-state index contributed by atoms with van der Waals surface area (Å²) < 4.78 is 11.5. The Bertz CT molecular complexity index is 1090. The van der Waals surface area contributed by atoms with Gasteiger partial charge >= 0.3 is 0 Å². The van der Waals surface area contributed by atoms with Gasteiger partial charge in [0.2, 0.25) is 5.56 Å². The van der Waals surface area contributed by atoms with Crippen LogP contribution in [0.25, 0.3) is 10.9 Å². The van der Waals surface area contributed by atoms with E-state index >= 15 is 0 Å². The summed E-state index contributed by atoms with van der Waals surface area (Å²) in [6, 6.07) is 12.2. The number of aromatic amines is 1. The first kappa shape index (κ1) is 17.1. The molecule has 1 amide bonds. The minimum Gasteiger partial charge on any atom is -0.492 e. The molecule has 0 radical (unpaired) electrons. The summed E-state index contributed by atoms with van der Waals surface area (Å²) >= 11 is 0. The number of carbonyl (C=O) groups is 1. The van der Waals surface area contributed by atoms with E-state index in [2.05, 4.69) is 10.3 Å². The van der Waals surface area contributed by atoms with Gasteiger partial charge in [0, 0.05) is 35.0 Å². The first-order valence-electron chi connectivity index (χ1n) is 8.95. The maximum Gasteiger partial charge on any atom is 0.256 e. The minimum absolute atomic E-state index is 0.0945. The first-order chi connectivity index (χ1) is 13.0. The Balaban J connectivity index is 1.74. The Morgan fingerprint density at radius 3 is 2.93 bits per heavy atom. The minimum atomic E-state index is -0.371. The van der Waals surface area contributed by atoms with E-state index in [-0.39, 0.29) is 17.6 Å². The summed E-state index contributed by atoms with van der Waals surface area (Å²) in [6.07, 6.45) is 0.902. The lowest BCUT2D eigenvalue weighted by atomic mass is 10.1. The van der Waals surface area contributed by atoms with Gasteiger partial charge in [0.1, 0.15) is 17.6 Å². The fourth-order valence-electron chi connectivity index (χ4n) is 3.39. The molecule has 6 nitrogen and oxygen atoms in total. The van der Waals surface area contributed by atoms with Crippen molar-refractivity contribution in [3.63, 3.8) is 0 Å². The number of aromatic nitrogens is 1. The molecule has 0 saturated heterocycles. The van der Waals surface area contributed by atoms with Crippen LogP contribution in [0.2, 0.25) is 0 Å². The van der Waals surface area contributed by atoms with Gasteiger partial charge in [0.25, 0.3) is 5.91 Å². The number of H-pyrrole nitrogens is 1. The number of pyridine rings is 1. The maximum atomic E-state index is 12.9. The summed E-state index contributed by atoms with van der Waals surface area (Å²) in [7, 11) is 0. The molecule has 0 fully saturated rings. The van der Waals surface area contributed by atoms with Crippen LogP contribution in [0.15, 0.2) is 47.3 Å². The molecular weight excluding hydrogens is 344 g/mol. The molecule has 0 bridgehead atoms. The van der Waals surface area contributed by atoms with Gasteiger partial charge in [0.05, 0.1) is 17.9 Å². The molecule has 1 atom stereocenters. The molecule has 0 aliphatic carbocycles. The molecular formula is C21H20N2O4. The molecule has 27 heavy (non-hydrogen) atoms. The van der Waals surface area contributed by atoms with Crippen molar-refractivity contribution in [3.05, 3.63) is 63.9 Å². The fraction of sp³-hybridized carbons (Fsp3) is 0.238. The second-order valence-corrected chi connectivity index (χ2v) is 6.57. The first-order valence-corrected chi connectivity index (χ1v) is 8.95. The van der Waals surface area contributed by atoms with Crippen molar-refractivity contribution in [2.45, 2.75) is 26.4 Å². The summed E-state index contributed by atoms with van der Waals surface area (Å²) in [6.45, 7) is 4.37. The van der Waals surface area contributed by atoms with Gasteiger partial charge in [0.15, 0.2) is 0 Å². The van der Waals surface area contributed by atoms with Gasteiger partial charge in [-0.3, -0.25) is 9.59 Å². The van der Waals surface area contributed by atoms with Crippen LogP contribution in [0.4, 0.5) is 5.69 Å². The zero-order valence-electron chi connectivity index (χ0n) is 15.2. The Morgan fingerprint density at radius 2 is 2.11 bits per heavy atom. The number of ether oxygens (including phenoxy) is 2. The monoisotopic (exact) mass is 364 g/mol. The van der Waals surface area contributed by atoms with E-state index in [9.17, 15) is 9.59 Å². The second kappa shape index (κ2) is 6.79. The largest absolute Gasteiger partial charge is 0.492 e. The fourth-order valence-corrected chi connectivity index (χ4v) is 3.39. The average molecular weight is 364 g/mol. The average Bonchev–Trinajstić information content (AvgIpc) is 3.00. The van der Waals surface area contributed by atoms with Crippen LogP contribution in [0.1, 0.15) is 29.8 Å². The van der Waals surface area contributed by atoms with Gasteiger partial charge in [-0.25, -0.2) is 0 Å². The number of rotatable bonds is 4. The third-order valence-electron chi connectivity index (χ3n) is 4.54. The molecule has 1 aliphatic rings. The third kappa shape index (κ3) is 3.26. The summed E-state index contributed by atoms with van der Waals surface area (Å²) in [5.41, 5.74) is 2.19. The lowest BCUT2D eigenvalue weighted by Gasteiger charge is -2.14. The highest BCUT2D eigenvalue weighted by Gasteiger charge is 2.23.